The van der Waals surface area contributed by atoms with E-state index < -0.39 is 0 Å². The number of ether oxygens (including phenoxy) is 1. The molecule has 2 aliphatic rings. The van der Waals surface area contributed by atoms with Crippen molar-refractivity contribution in [3.05, 3.63) is 23.8 Å². The van der Waals surface area contributed by atoms with Crippen molar-refractivity contribution < 1.29 is 9.53 Å². The zero-order valence-corrected chi connectivity index (χ0v) is 10.4. The number of anilines is 1. The Bertz CT molecular complexity index is 453. The van der Waals surface area contributed by atoms with Crippen LogP contribution in [-0.4, -0.2) is 25.1 Å². The fourth-order valence-electron chi connectivity index (χ4n) is 2.55. The maximum Gasteiger partial charge on any atom is 0.224 e. The standard InChI is InChI=1S/C14H18N2O2/c17-14-6-3-10-8-11(4-5-13(10)16-14)18-12-2-1-7-15-9-12/h4-5,8,12,15H,1-3,6-7,9H2,(H,16,17). The summed E-state index contributed by atoms with van der Waals surface area (Å²) in [6.45, 7) is 2.02. The third-order valence-corrected chi connectivity index (χ3v) is 3.53. The number of carbonyl (C=O) groups is 1. The summed E-state index contributed by atoms with van der Waals surface area (Å²) in [5, 5.41) is 6.23. The highest BCUT2D eigenvalue weighted by molar-refractivity contribution is 5.93. The Morgan fingerprint density at radius 1 is 1.28 bits per heavy atom. The SMILES string of the molecule is O=C1CCc2cc(OC3CCCNC3)ccc2N1. The highest BCUT2D eigenvalue weighted by Crippen LogP contribution is 2.27. The quantitative estimate of drug-likeness (QED) is 0.835. The summed E-state index contributed by atoms with van der Waals surface area (Å²) in [5.74, 6) is 1.02. The molecule has 96 valence electrons. The zero-order valence-electron chi connectivity index (χ0n) is 10.4. The van der Waals surface area contributed by atoms with Gasteiger partial charge in [-0.1, -0.05) is 0 Å². The second-order valence-electron chi connectivity index (χ2n) is 4.95. The maximum absolute atomic E-state index is 11.3. The van der Waals surface area contributed by atoms with Gasteiger partial charge in [-0.3, -0.25) is 4.79 Å². The van der Waals surface area contributed by atoms with Crippen molar-refractivity contribution in [1.82, 2.24) is 5.32 Å². The lowest BCUT2D eigenvalue weighted by atomic mass is 10.0. The van der Waals surface area contributed by atoms with E-state index in [1.165, 1.54) is 12.0 Å². The van der Waals surface area contributed by atoms with Gasteiger partial charge in [0.1, 0.15) is 11.9 Å². The van der Waals surface area contributed by atoms with E-state index in [4.69, 9.17) is 4.74 Å². The molecule has 0 spiro atoms. The molecule has 4 nitrogen and oxygen atoms in total. The molecule has 1 aromatic rings. The Hall–Kier alpha value is -1.55. The predicted molar refractivity (Wildman–Crippen MR) is 69.9 cm³/mol. The Morgan fingerprint density at radius 2 is 2.22 bits per heavy atom. The molecule has 3 rings (SSSR count). The zero-order chi connectivity index (χ0) is 12.4. The van der Waals surface area contributed by atoms with Crippen molar-refractivity contribution in [3.8, 4) is 5.75 Å². The van der Waals surface area contributed by atoms with E-state index in [-0.39, 0.29) is 12.0 Å². The summed E-state index contributed by atoms with van der Waals surface area (Å²) in [7, 11) is 0. The van der Waals surface area contributed by atoms with Crippen LogP contribution in [0.5, 0.6) is 5.75 Å². The van der Waals surface area contributed by atoms with E-state index in [0.29, 0.717) is 6.42 Å². The molecule has 1 unspecified atom stereocenters. The number of carbonyl (C=O) groups excluding carboxylic acids is 1. The second-order valence-corrected chi connectivity index (χ2v) is 4.95. The molecule has 0 aromatic heterocycles. The molecule has 0 bridgehead atoms. The van der Waals surface area contributed by atoms with Crippen LogP contribution in [-0.2, 0) is 11.2 Å². The van der Waals surface area contributed by atoms with Crippen molar-refractivity contribution >= 4 is 11.6 Å². The van der Waals surface area contributed by atoms with E-state index in [2.05, 4.69) is 16.7 Å². The molecule has 1 atom stereocenters. The molecule has 1 fully saturated rings. The van der Waals surface area contributed by atoms with Crippen molar-refractivity contribution in [3.63, 3.8) is 0 Å². The second kappa shape index (κ2) is 4.98. The Labute approximate surface area is 107 Å². The van der Waals surface area contributed by atoms with Crippen LogP contribution < -0.4 is 15.4 Å². The minimum Gasteiger partial charge on any atom is -0.489 e. The first kappa shape index (κ1) is 11.5. The normalized spacial score (nSPS) is 23.1. The molecule has 0 saturated carbocycles. The summed E-state index contributed by atoms with van der Waals surface area (Å²) in [5.41, 5.74) is 2.11. The first-order valence-corrected chi connectivity index (χ1v) is 6.61. The van der Waals surface area contributed by atoms with Gasteiger partial charge in [-0.2, -0.15) is 0 Å². The van der Waals surface area contributed by atoms with Gasteiger partial charge in [-0.15, -0.1) is 0 Å². The number of benzene rings is 1. The molecule has 1 aromatic carbocycles. The van der Waals surface area contributed by atoms with Gasteiger partial charge < -0.3 is 15.4 Å². The largest absolute Gasteiger partial charge is 0.489 e. The average molecular weight is 246 g/mol. The molecule has 1 amide bonds. The minimum atomic E-state index is 0.104. The van der Waals surface area contributed by atoms with Crippen LogP contribution in [0.1, 0.15) is 24.8 Å². The van der Waals surface area contributed by atoms with Gasteiger partial charge in [0.05, 0.1) is 0 Å². The fraction of sp³-hybridized carbons (Fsp3) is 0.500. The first-order chi connectivity index (χ1) is 8.81. The Kier molecular flexibility index (Phi) is 3.19. The molecule has 0 radical (unpaired) electrons. The summed E-state index contributed by atoms with van der Waals surface area (Å²) < 4.78 is 5.97. The van der Waals surface area contributed by atoms with Gasteiger partial charge in [-0.25, -0.2) is 0 Å². The molecule has 2 N–H and O–H groups in total. The number of hydrogen-bond acceptors (Lipinski definition) is 3. The van der Waals surface area contributed by atoms with Crippen LogP contribution in [0.3, 0.4) is 0 Å². The highest BCUT2D eigenvalue weighted by Gasteiger charge is 2.17. The van der Waals surface area contributed by atoms with Crippen molar-refractivity contribution in [1.29, 1.82) is 0 Å². The van der Waals surface area contributed by atoms with Crippen molar-refractivity contribution in [2.75, 3.05) is 18.4 Å². The minimum absolute atomic E-state index is 0.104. The molecular weight excluding hydrogens is 228 g/mol. The van der Waals surface area contributed by atoms with Gasteiger partial charge in [0.25, 0.3) is 0 Å². The first-order valence-electron chi connectivity index (χ1n) is 6.61. The average Bonchev–Trinajstić information content (AvgIpc) is 2.40. The molecule has 2 heterocycles. The summed E-state index contributed by atoms with van der Waals surface area (Å²) in [4.78, 5) is 11.3. The number of aryl methyl sites for hydroxylation is 1. The van der Waals surface area contributed by atoms with Crippen LogP contribution in [0.25, 0.3) is 0 Å². The fourth-order valence-corrected chi connectivity index (χ4v) is 2.55. The van der Waals surface area contributed by atoms with Gasteiger partial charge in [0, 0.05) is 18.7 Å². The predicted octanol–water partition coefficient (Wildman–Crippen LogP) is 1.70. The van der Waals surface area contributed by atoms with Crippen LogP contribution in [0.15, 0.2) is 18.2 Å². The summed E-state index contributed by atoms with van der Waals surface area (Å²) in [6.07, 6.45) is 3.94. The number of rotatable bonds is 2. The lowest BCUT2D eigenvalue weighted by Gasteiger charge is -2.25. The summed E-state index contributed by atoms with van der Waals surface area (Å²) >= 11 is 0. The van der Waals surface area contributed by atoms with Gasteiger partial charge >= 0.3 is 0 Å². The van der Waals surface area contributed by atoms with Crippen LogP contribution in [0.2, 0.25) is 0 Å². The van der Waals surface area contributed by atoms with E-state index in [9.17, 15) is 4.79 Å². The maximum atomic E-state index is 11.3. The molecular formula is C14H18N2O2. The number of nitrogens with one attached hydrogen (secondary N) is 2. The number of hydrogen-bond donors (Lipinski definition) is 2. The molecule has 4 heteroatoms. The topological polar surface area (TPSA) is 50.4 Å². The van der Waals surface area contributed by atoms with Gasteiger partial charge in [0.15, 0.2) is 0 Å². The van der Waals surface area contributed by atoms with Gasteiger partial charge in [-0.05, 0) is 49.6 Å². The molecule has 18 heavy (non-hydrogen) atoms. The highest BCUT2D eigenvalue weighted by atomic mass is 16.5. The lowest BCUT2D eigenvalue weighted by Crippen LogP contribution is -2.37. The van der Waals surface area contributed by atoms with Crippen molar-refractivity contribution in [2.24, 2.45) is 0 Å². The lowest BCUT2D eigenvalue weighted by molar-refractivity contribution is -0.116. The third-order valence-electron chi connectivity index (χ3n) is 3.53. The van der Waals surface area contributed by atoms with Crippen molar-refractivity contribution in [2.45, 2.75) is 31.8 Å². The molecule has 1 saturated heterocycles. The smallest absolute Gasteiger partial charge is 0.224 e. The Balaban J connectivity index is 1.71. The Morgan fingerprint density at radius 3 is 3.06 bits per heavy atom. The molecule has 0 aliphatic carbocycles. The summed E-state index contributed by atoms with van der Waals surface area (Å²) in [6, 6.07) is 5.94. The van der Waals surface area contributed by atoms with Crippen LogP contribution in [0.4, 0.5) is 5.69 Å². The van der Waals surface area contributed by atoms with E-state index in [1.807, 2.05) is 12.1 Å². The number of amides is 1. The molecule has 2 aliphatic heterocycles. The van der Waals surface area contributed by atoms with Gasteiger partial charge in [0.2, 0.25) is 5.91 Å². The van der Waals surface area contributed by atoms with E-state index in [1.54, 1.807) is 0 Å². The van der Waals surface area contributed by atoms with Crippen LogP contribution >= 0.6 is 0 Å². The number of fused-ring (bicyclic) bond motifs is 1. The number of piperidine rings is 1. The van der Waals surface area contributed by atoms with E-state index >= 15 is 0 Å². The van der Waals surface area contributed by atoms with Crippen LogP contribution in [0, 0.1) is 0 Å². The van der Waals surface area contributed by atoms with E-state index in [0.717, 1.165) is 37.4 Å². The monoisotopic (exact) mass is 246 g/mol. The third kappa shape index (κ3) is 2.48.